The molecule has 0 bridgehead atoms. The van der Waals surface area contributed by atoms with Gasteiger partial charge in [-0.1, -0.05) is 39.4 Å². The van der Waals surface area contributed by atoms with Crippen LogP contribution in [0.1, 0.15) is 40.0 Å². The lowest BCUT2D eigenvalue weighted by atomic mass is 9.80. The molecule has 6 heteroatoms. The summed E-state index contributed by atoms with van der Waals surface area (Å²) in [6.07, 6.45) is 3.06. The maximum Gasteiger partial charge on any atom is 0.318 e. The fourth-order valence-corrected chi connectivity index (χ4v) is 4.56. The largest absolute Gasteiger partial charge is 0.404 e. The van der Waals surface area contributed by atoms with Crippen LogP contribution < -0.4 is 0 Å². The van der Waals surface area contributed by atoms with Crippen molar-refractivity contribution in [3.8, 4) is 0 Å². The van der Waals surface area contributed by atoms with E-state index in [0.717, 1.165) is 19.3 Å². The van der Waals surface area contributed by atoms with Crippen LogP contribution in [0.5, 0.6) is 0 Å². The van der Waals surface area contributed by atoms with Gasteiger partial charge in [-0.05, 0) is 41.9 Å². The van der Waals surface area contributed by atoms with Crippen LogP contribution >= 0.6 is 17.9 Å². The minimum Gasteiger partial charge on any atom is -0.404 e. The summed E-state index contributed by atoms with van der Waals surface area (Å²) >= 11 is 8.48. The summed E-state index contributed by atoms with van der Waals surface area (Å²) < 4.78 is 5.01. The monoisotopic (exact) mass is 294 g/mol. The first-order chi connectivity index (χ1) is 7.61. The molecule has 0 aromatic heterocycles. The molecule has 2 aliphatic carbocycles. The highest BCUT2D eigenvalue weighted by molar-refractivity contribution is 8.59. The van der Waals surface area contributed by atoms with E-state index in [1.54, 1.807) is 0 Å². The summed E-state index contributed by atoms with van der Waals surface area (Å²) in [5, 5.41) is 0. The average molecular weight is 294 g/mol. The molecule has 0 saturated heterocycles. The first kappa shape index (κ1) is 13.9. The number of hydrogen-bond donors (Lipinski definition) is 2. The molecular weight excluding hydrogens is 275 g/mol. The zero-order valence-electron chi connectivity index (χ0n) is 10.3. The van der Waals surface area contributed by atoms with E-state index >= 15 is 0 Å². The summed E-state index contributed by atoms with van der Waals surface area (Å²) in [6, 6.07) is 0. The number of rotatable bonds is 2. The van der Waals surface area contributed by atoms with Crippen LogP contribution in [-0.4, -0.2) is 10.9 Å². The van der Waals surface area contributed by atoms with Gasteiger partial charge in [0.1, 0.15) is 0 Å². The zero-order valence-corrected chi connectivity index (χ0v) is 12.9. The molecule has 0 amide bonds. The van der Waals surface area contributed by atoms with E-state index in [4.69, 9.17) is 16.3 Å². The van der Waals surface area contributed by atoms with Gasteiger partial charge < -0.3 is 9.42 Å². The van der Waals surface area contributed by atoms with Crippen molar-refractivity contribution >= 4 is 35.7 Å². The average Bonchev–Trinajstić information content (AvgIpc) is 2.61. The predicted octanol–water partition coefficient (Wildman–Crippen LogP) is 3.14. The van der Waals surface area contributed by atoms with E-state index in [9.17, 15) is 9.69 Å². The minimum absolute atomic E-state index is 0.0346. The van der Waals surface area contributed by atoms with Crippen LogP contribution in [-0.2, 0) is 21.1 Å². The molecule has 0 spiro atoms. The van der Waals surface area contributed by atoms with E-state index in [2.05, 4.69) is 33.0 Å². The molecule has 3 nitrogen and oxygen atoms in total. The summed E-state index contributed by atoms with van der Waals surface area (Å²) in [4.78, 5) is 21.7. The number of carbonyl (C=O) groups is 1. The molecule has 0 heterocycles. The van der Waals surface area contributed by atoms with Crippen molar-refractivity contribution in [1.29, 1.82) is 0 Å². The molecular formula is C11H19O3PS2. The number of hydrogen-bond acceptors (Lipinski definition) is 3. The Morgan fingerprint density at radius 1 is 1.53 bits per heavy atom. The van der Waals surface area contributed by atoms with Crippen LogP contribution in [0.3, 0.4) is 0 Å². The molecule has 0 aromatic carbocycles. The highest BCUT2D eigenvalue weighted by Crippen LogP contribution is 2.76. The highest BCUT2D eigenvalue weighted by Gasteiger charge is 2.76. The van der Waals surface area contributed by atoms with Crippen LogP contribution in [0.2, 0.25) is 0 Å². The second-order valence-electron chi connectivity index (χ2n) is 6.00. The summed E-state index contributed by atoms with van der Waals surface area (Å²) in [5.74, 6) is 0.561. The van der Waals surface area contributed by atoms with Crippen molar-refractivity contribution in [3.63, 3.8) is 0 Å². The fourth-order valence-electron chi connectivity index (χ4n) is 3.76. The molecule has 4 atom stereocenters. The molecule has 0 aliphatic heterocycles. The molecule has 2 aliphatic rings. The van der Waals surface area contributed by atoms with Gasteiger partial charge in [-0.15, -0.1) is 0 Å². The lowest BCUT2D eigenvalue weighted by molar-refractivity contribution is -0.143. The van der Waals surface area contributed by atoms with Crippen LogP contribution in [0, 0.1) is 22.7 Å². The van der Waals surface area contributed by atoms with E-state index in [0.29, 0.717) is 11.8 Å². The molecule has 0 radical (unpaired) electrons. The van der Waals surface area contributed by atoms with E-state index in [1.807, 2.05) is 0 Å². The summed E-state index contributed by atoms with van der Waals surface area (Å²) in [7, 11) is 0. The third-order valence-electron chi connectivity index (χ3n) is 4.72. The second-order valence-corrected chi connectivity index (χ2v) is 11.1. The third kappa shape index (κ3) is 2.09. The molecule has 4 unspecified atom stereocenters. The van der Waals surface area contributed by atoms with Gasteiger partial charge in [0.25, 0.3) is 5.69 Å². The molecule has 2 rings (SSSR count). The van der Waals surface area contributed by atoms with Crippen LogP contribution in [0.4, 0.5) is 0 Å². The highest BCUT2D eigenvalue weighted by atomic mass is 32.9. The Labute approximate surface area is 113 Å². The molecule has 98 valence electrons. The van der Waals surface area contributed by atoms with Crippen molar-refractivity contribution in [2.75, 3.05) is 0 Å². The van der Waals surface area contributed by atoms with Gasteiger partial charge in [0.15, 0.2) is 0 Å². The molecule has 0 aromatic rings. The summed E-state index contributed by atoms with van der Waals surface area (Å²) in [5.41, 5.74) is -3.67. The maximum atomic E-state index is 12.3. The first-order valence-corrected chi connectivity index (χ1v) is 9.73. The van der Waals surface area contributed by atoms with Gasteiger partial charge in [0, 0.05) is 0 Å². The first-order valence-electron chi connectivity index (χ1n) is 5.91. The number of carbonyl (C=O) groups excluding carboxylic acids is 1. The van der Waals surface area contributed by atoms with Gasteiger partial charge in [-0.2, -0.15) is 0 Å². The van der Waals surface area contributed by atoms with Gasteiger partial charge in [-0.25, -0.2) is 0 Å². The molecule has 2 saturated carbocycles. The molecule has 17 heavy (non-hydrogen) atoms. The van der Waals surface area contributed by atoms with Gasteiger partial charge in [0.05, 0.1) is 5.41 Å². The van der Waals surface area contributed by atoms with Gasteiger partial charge in [0.2, 0.25) is 0 Å². The van der Waals surface area contributed by atoms with E-state index < -0.39 is 11.1 Å². The molecule has 2 fully saturated rings. The Morgan fingerprint density at radius 3 is 2.65 bits per heavy atom. The lowest BCUT2D eigenvalue weighted by Crippen LogP contribution is -2.28. The Balaban J connectivity index is 2.23. The molecule has 1 N–H and O–H groups in total. The number of fused-ring (bicyclic) bond motifs is 1. The second kappa shape index (κ2) is 3.96. The smallest absolute Gasteiger partial charge is 0.318 e. The summed E-state index contributed by atoms with van der Waals surface area (Å²) in [6.45, 7) is 6.38. The van der Waals surface area contributed by atoms with Crippen molar-refractivity contribution in [2.24, 2.45) is 22.7 Å². The maximum absolute atomic E-state index is 12.3. The van der Waals surface area contributed by atoms with Crippen LogP contribution in [0.15, 0.2) is 0 Å². The fraction of sp³-hybridized carbons (Fsp3) is 0.909. The Kier molecular flexibility index (Phi) is 3.23. The third-order valence-corrected chi connectivity index (χ3v) is 5.59. The van der Waals surface area contributed by atoms with Crippen molar-refractivity contribution in [3.05, 3.63) is 0 Å². The lowest BCUT2D eigenvalue weighted by Gasteiger charge is -2.26. The standard InChI is InChI=1S/C11H19O3PS2/c1-7-4-5-8-10(2,3)11(8,6-7)9(12)14-15(13,16)17/h7-8H,4-6H2,1-3H3,(H2,13,16,17). The van der Waals surface area contributed by atoms with E-state index in [-0.39, 0.29) is 11.4 Å². The Morgan fingerprint density at radius 2 is 2.12 bits per heavy atom. The Bertz CT molecular complexity index is 404. The van der Waals surface area contributed by atoms with Gasteiger partial charge >= 0.3 is 5.97 Å². The van der Waals surface area contributed by atoms with E-state index in [1.165, 1.54) is 0 Å². The van der Waals surface area contributed by atoms with Crippen molar-refractivity contribution in [2.45, 2.75) is 40.0 Å². The van der Waals surface area contributed by atoms with Crippen molar-refractivity contribution in [1.82, 2.24) is 0 Å². The predicted molar refractivity (Wildman–Crippen MR) is 74.3 cm³/mol. The SMILES string of the molecule is CC1CCC2C(C)(C)C2(C(=O)OP(O)(=S)S)C1. The Hall–Kier alpha value is 0.430. The number of thiol groups is 1. The van der Waals surface area contributed by atoms with Gasteiger partial charge in [-0.3, -0.25) is 4.79 Å². The van der Waals surface area contributed by atoms with Crippen LogP contribution in [0.25, 0.3) is 0 Å². The normalized spacial score (nSPS) is 42.2. The minimum atomic E-state index is -3.20. The zero-order chi connectivity index (χ0) is 13.1. The quantitative estimate of drug-likeness (QED) is 0.607. The van der Waals surface area contributed by atoms with Crippen molar-refractivity contribution < 1.29 is 14.2 Å². The topological polar surface area (TPSA) is 46.5 Å².